The molecule has 0 N–H and O–H groups in total. The Bertz CT molecular complexity index is 1190. The topological polar surface area (TPSA) is 30.2 Å². The predicted molar refractivity (Wildman–Crippen MR) is 95.4 cm³/mol. The van der Waals surface area contributed by atoms with E-state index in [1.54, 1.807) is 36.4 Å². The van der Waals surface area contributed by atoms with Crippen LogP contribution in [0.15, 0.2) is 69.9 Å². The third-order valence-electron chi connectivity index (χ3n) is 4.24. The Balaban J connectivity index is 2.08. The molecule has 0 atom stereocenters. The molecule has 6 heteroatoms. The summed E-state index contributed by atoms with van der Waals surface area (Å²) >= 11 is 6.37. The van der Waals surface area contributed by atoms with Gasteiger partial charge in [-0.15, -0.1) is 0 Å². The third-order valence-corrected chi connectivity index (χ3v) is 4.55. The summed E-state index contributed by atoms with van der Waals surface area (Å²) in [6.07, 6.45) is -4.42. The largest absolute Gasteiger partial charge is 0.422 e. The summed E-state index contributed by atoms with van der Waals surface area (Å²) in [5, 5.41) is 1.97. The predicted octanol–water partition coefficient (Wildman–Crippen LogP) is 6.29. The van der Waals surface area contributed by atoms with Gasteiger partial charge in [-0.05, 0) is 35.9 Å². The van der Waals surface area contributed by atoms with E-state index in [1.807, 2.05) is 0 Å². The molecule has 0 aliphatic heterocycles. The monoisotopic (exact) mass is 374 g/mol. The molecule has 0 saturated carbocycles. The van der Waals surface area contributed by atoms with Crippen molar-refractivity contribution < 1.29 is 17.6 Å². The van der Waals surface area contributed by atoms with E-state index in [1.165, 1.54) is 12.1 Å². The molecule has 0 radical (unpaired) electrons. The number of rotatable bonds is 1. The van der Waals surface area contributed by atoms with Gasteiger partial charge in [0.05, 0.1) is 10.9 Å². The van der Waals surface area contributed by atoms with E-state index in [2.05, 4.69) is 0 Å². The number of hydrogen-bond donors (Lipinski definition) is 0. The van der Waals surface area contributed by atoms with Crippen LogP contribution in [0.3, 0.4) is 0 Å². The second-order valence-electron chi connectivity index (χ2n) is 5.81. The molecule has 0 aliphatic carbocycles. The van der Waals surface area contributed by atoms with Crippen LogP contribution in [0, 0.1) is 0 Å². The fourth-order valence-electron chi connectivity index (χ4n) is 3.05. The van der Waals surface area contributed by atoms with Gasteiger partial charge in [0, 0.05) is 21.4 Å². The molecule has 0 bridgehead atoms. The van der Waals surface area contributed by atoms with Gasteiger partial charge < -0.3 is 4.42 Å². The van der Waals surface area contributed by atoms with Gasteiger partial charge in [0.2, 0.25) is 0 Å². The normalized spacial score (nSPS) is 12.0. The maximum atomic E-state index is 12.8. The van der Waals surface area contributed by atoms with Gasteiger partial charge in [0.1, 0.15) is 5.58 Å². The average Bonchev–Trinajstić information content (AvgIpc) is 2.62. The first-order valence-corrected chi connectivity index (χ1v) is 8.06. The minimum atomic E-state index is -4.42. The van der Waals surface area contributed by atoms with E-state index in [0.717, 1.165) is 12.1 Å². The zero-order valence-electron chi connectivity index (χ0n) is 13.1. The lowest BCUT2D eigenvalue weighted by molar-refractivity contribution is -0.137. The Morgan fingerprint density at radius 3 is 2.15 bits per heavy atom. The summed E-state index contributed by atoms with van der Waals surface area (Å²) in [6, 6.07) is 14.8. The number of halogens is 4. The van der Waals surface area contributed by atoms with Crippen LogP contribution in [0.1, 0.15) is 5.56 Å². The van der Waals surface area contributed by atoms with Gasteiger partial charge in [-0.3, -0.25) is 0 Å². The molecule has 1 heterocycles. The molecule has 4 aromatic rings. The van der Waals surface area contributed by atoms with Gasteiger partial charge >= 0.3 is 11.8 Å². The first-order valence-electron chi connectivity index (χ1n) is 7.68. The van der Waals surface area contributed by atoms with Gasteiger partial charge in [-0.25, -0.2) is 4.79 Å². The number of benzene rings is 3. The van der Waals surface area contributed by atoms with Gasteiger partial charge in [0.15, 0.2) is 0 Å². The number of alkyl halides is 3. The van der Waals surface area contributed by atoms with E-state index >= 15 is 0 Å². The molecule has 0 spiro atoms. The van der Waals surface area contributed by atoms with E-state index in [4.69, 9.17) is 16.0 Å². The Hall–Kier alpha value is -2.79. The SMILES string of the molecule is O=c1oc2ccc(Cl)c(-c3ccc(C(F)(F)F)cc3)c2c2ccccc12. The van der Waals surface area contributed by atoms with Crippen LogP contribution in [0.25, 0.3) is 32.9 Å². The zero-order chi connectivity index (χ0) is 18.5. The van der Waals surface area contributed by atoms with Crippen LogP contribution in [0.5, 0.6) is 0 Å². The standard InChI is InChI=1S/C20H10ClF3O2/c21-15-9-10-16-18(13-3-1-2-4-14(13)19(25)26-16)17(15)11-5-7-12(8-6-11)20(22,23)24/h1-10H. The van der Waals surface area contributed by atoms with E-state index in [9.17, 15) is 18.0 Å². The molecular weight excluding hydrogens is 365 g/mol. The quantitative estimate of drug-likeness (QED) is 0.290. The van der Waals surface area contributed by atoms with Gasteiger partial charge in [-0.1, -0.05) is 41.9 Å². The minimum absolute atomic E-state index is 0.327. The zero-order valence-corrected chi connectivity index (χ0v) is 13.9. The first-order chi connectivity index (χ1) is 12.4. The smallest absolute Gasteiger partial charge is 0.416 e. The van der Waals surface area contributed by atoms with Crippen LogP contribution < -0.4 is 5.63 Å². The van der Waals surface area contributed by atoms with Crippen LogP contribution >= 0.6 is 11.6 Å². The Morgan fingerprint density at radius 1 is 0.846 bits per heavy atom. The fourth-order valence-corrected chi connectivity index (χ4v) is 3.32. The molecule has 0 fully saturated rings. The van der Waals surface area contributed by atoms with Crippen molar-refractivity contribution in [3.63, 3.8) is 0 Å². The lowest BCUT2D eigenvalue weighted by Crippen LogP contribution is -2.04. The Kier molecular flexibility index (Phi) is 3.77. The summed E-state index contributed by atoms with van der Waals surface area (Å²) in [7, 11) is 0. The third kappa shape index (κ3) is 2.65. The lowest BCUT2D eigenvalue weighted by atomic mass is 9.96. The van der Waals surface area contributed by atoms with E-state index in [0.29, 0.717) is 37.9 Å². The Labute approximate surface area is 150 Å². The summed E-state index contributed by atoms with van der Waals surface area (Å²) in [6.45, 7) is 0. The van der Waals surface area contributed by atoms with Crippen LogP contribution in [0.2, 0.25) is 5.02 Å². The Morgan fingerprint density at radius 2 is 1.50 bits per heavy atom. The van der Waals surface area contributed by atoms with Crippen molar-refractivity contribution in [1.82, 2.24) is 0 Å². The van der Waals surface area contributed by atoms with Crippen molar-refractivity contribution in [3.05, 3.63) is 81.7 Å². The molecule has 0 amide bonds. The van der Waals surface area contributed by atoms with Crippen LogP contribution in [-0.4, -0.2) is 0 Å². The van der Waals surface area contributed by atoms with E-state index in [-0.39, 0.29) is 0 Å². The maximum Gasteiger partial charge on any atom is 0.416 e. The van der Waals surface area contributed by atoms with Crippen molar-refractivity contribution in [2.45, 2.75) is 6.18 Å². The second kappa shape index (κ2) is 5.88. The molecular formula is C20H10ClF3O2. The van der Waals surface area contributed by atoms with Crippen LogP contribution in [0.4, 0.5) is 13.2 Å². The van der Waals surface area contributed by atoms with Crippen molar-refractivity contribution in [1.29, 1.82) is 0 Å². The lowest BCUT2D eigenvalue weighted by Gasteiger charge is -2.12. The van der Waals surface area contributed by atoms with Crippen LogP contribution in [-0.2, 0) is 6.18 Å². The fraction of sp³-hybridized carbons (Fsp3) is 0.0500. The van der Waals surface area contributed by atoms with Crippen molar-refractivity contribution in [3.8, 4) is 11.1 Å². The molecule has 26 heavy (non-hydrogen) atoms. The molecule has 4 rings (SSSR count). The molecule has 0 saturated heterocycles. The summed E-state index contributed by atoms with van der Waals surface area (Å²) in [5.74, 6) is 0. The first kappa shape index (κ1) is 16.7. The molecule has 3 aromatic carbocycles. The molecule has 2 nitrogen and oxygen atoms in total. The molecule has 1 aromatic heterocycles. The average molecular weight is 375 g/mol. The highest BCUT2D eigenvalue weighted by Crippen LogP contribution is 2.39. The molecule has 0 unspecified atom stereocenters. The number of fused-ring (bicyclic) bond motifs is 3. The summed E-state index contributed by atoms with van der Waals surface area (Å²) in [4.78, 5) is 12.2. The molecule has 0 aliphatic rings. The van der Waals surface area contributed by atoms with Crippen molar-refractivity contribution in [2.24, 2.45) is 0 Å². The number of hydrogen-bond acceptors (Lipinski definition) is 2. The van der Waals surface area contributed by atoms with Gasteiger partial charge in [0.25, 0.3) is 0 Å². The summed E-state index contributed by atoms with van der Waals surface area (Å²) in [5.41, 5.74) is 0.140. The minimum Gasteiger partial charge on any atom is -0.422 e. The summed E-state index contributed by atoms with van der Waals surface area (Å²) < 4.78 is 43.9. The van der Waals surface area contributed by atoms with Crippen molar-refractivity contribution in [2.75, 3.05) is 0 Å². The highest BCUT2D eigenvalue weighted by molar-refractivity contribution is 6.36. The van der Waals surface area contributed by atoms with Gasteiger partial charge in [-0.2, -0.15) is 13.2 Å². The second-order valence-corrected chi connectivity index (χ2v) is 6.21. The molecule has 130 valence electrons. The maximum absolute atomic E-state index is 12.8. The van der Waals surface area contributed by atoms with Crippen molar-refractivity contribution >= 4 is 33.3 Å². The highest BCUT2D eigenvalue weighted by Gasteiger charge is 2.30. The highest BCUT2D eigenvalue weighted by atomic mass is 35.5. The van der Waals surface area contributed by atoms with E-state index < -0.39 is 17.4 Å².